The first kappa shape index (κ1) is 10.9. The van der Waals surface area contributed by atoms with Gasteiger partial charge in [-0.2, -0.15) is 5.10 Å². The molecule has 0 unspecified atom stereocenters. The zero-order valence-corrected chi connectivity index (χ0v) is 9.90. The SMILES string of the molecule is Cc1cc(S(=O)(=O)c2ccccc2)nn1C. The molecule has 2 rings (SSSR count). The highest BCUT2D eigenvalue weighted by Gasteiger charge is 2.20. The normalized spacial score (nSPS) is 11.6. The molecule has 5 heteroatoms. The van der Waals surface area contributed by atoms with E-state index in [1.165, 1.54) is 0 Å². The predicted octanol–water partition coefficient (Wildman–Crippen LogP) is 1.56. The minimum Gasteiger partial charge on any atom is -0.272 e. The maximum Gasteiger partial charge on any atom is 0.225 e. The highest BCUT2D eigenvalue weighted by atomic mass is 32.2. The summed E-state index contributed by atoms with van der Waals surface area (Å²) in [5.41, 5.74) is 0.814. The lowest BCUT2D eigenvalue weighted by atomic mass is 10.4. The van der Waals surface area contributed by atoms with Crippen LogP contribution in [0.3, 0.4) is 0 Å². The van der Waals surface area contributed by atoms with Crippen molar-refractivity contribution in [2.45, 2.75) is 16.8 Å². The quantitative estimate of drug-likeness (QED) is 0.795. The Morgan fingerprint density at radius 2 is 1.81 bits per heavy atom. The first-order valence-electron chi connectivity index (χ1n) is 4.82. The summed E-state index contributed by atoms with van der Waals surface area (Å²) in [6.07, 6.45) is 0. The van der Waals surface area contributed by atoms with E-state index in [-0.39, 0.29) is 9.92 Å². The molecule has 84 valence electrons. The number of hydrogen-bond acceptors (Lipinski definition) is 3. The first-order chi connectivity index (χ1) is 7.51. The van der Waals surface area contributed by atoms with Crippen LogP contribution in [-0.2, 0) is 16.9 Å². The number of aryl methyl sites for hydroxylation is 2. The number of nitrogens with zero attached hydrogens (tertiary/aromatic N) is 2. The molecule has 0 saturated carbocycles. The molecular formula is C11H12N2O2S. The van der Waals surface area contributed by atoms with Gasteiger partial charge in [0.05, 0.1) is 4.90 Å². The van der Waals surface area contributed by atoms with Crippen molar-refractivity contribution in [3.63, 3.8) is 0 Å². The minimum absolute atomic E-state index is 0.0960. The predicted molar refractivity (Wildman–Crippen MR) is 59.8 cm³/mol. The molecule has 1 aromatic carbocycles. The van der Waals surface area contributed by atoms with Gasteiger partial charge in [-0.05, 0) is 25.1 Å². The topological polar surface area (TPSA) is 52.0 Å². The fourth-order valence-corrected chi connectivity index (χ4v) is 2.69. The molecule has 0 aliphatic carbocycles. The van der Waals surface area contributed by atoms with Crippen LogP contribution < -0.4 is 0 Å². The number of benzene rings is 1. The number of aromatic nitrogens is 2. The first-order valence-corrected chi connectivity index (χ1v) is 6.31. The van der Waals surface area contributed by atoms with E-state index in [2.05, 4.69) is 5.10 Å². The van der Waals surface area contributed by atoms with Gasteiger partial charge in [-0.3, -0.25) is 4.68 Å². The molecule has 0 radical (unpaired) electrons. The van der Waals surface area contributed by atoms with Crippen molar-refractivity contribution in [3.8, 4) is 0 Å². The van der Waals surface area contributed by atoms with Crippen molar-refractivity contribution in [1.82, 2.24) is 9.78 Å². The van der Waals surface area contributed by atoms with Crippen molar-refractivity contribution in [2.75, 3.05) is 0 Å². The molecule has 4 nitrogen and oxygen atoms in total. The second kappa shape index (κ2) is 3.75. The lowest BCUT2D eigenvalue weighted by molar-refractivity contribution is 0.587. The van der Waals surface area contributed by atoms with Gasteiger partial charge in [0.2, 0.25) is 9.84 Å². The zero-order valence-electron chi connectivity index (χ0n) is 9.08. The van der Waals surface area contributed by atoms with Crippen LogP contribution >= 0.6 is 0 Å². The Labute approximate surface area is 94.5 Å². The van der Waals surface area contributed by atoms with Gasteiger partial charge in [-0.25, -0.2) is 8.42 Å². The summed E-state index contributed by atoms with van der Waals surface area (Å²) < 4.78 is 25.8. The summed E-state index contributed by atoms with van der Waals surface area (Å²) in [5.74, 6) is 0. The van der Waals surface area contributed by atoms with Crippen molar-refractivity contribution >= 4 is 9.84 Å². The van der Waals surface area contributed by atoms with Gasteiger partial charge in [0.25, 0.3) is 0 Å². The molecule has 0 amide bonds. The van der Waals surface area contributed by atoms with E-state index in [0.29, 0.717) is 0 Å². The highest BCUT2D eigenvalue weighted by molar-refractivity contribution is 7.91. The average molecular weight is 236 g/mol. The maximum atomic E-state index is 12.1. The molecular weight excluding hydrogens is 224 g/mol. The van der Waals surface area contributed by atoms with Gasteiger partial charge in [-0.1, -0.05) is 18.2 Å². The van der Waals surface area contributed by atoms with Crippen LogP contribution in [0.15, 0.2) is 46.3 Å². The maximum absolute atomic E-state index is 12.1. The molecule has 16 heavy (non-hydrogen) atoms. The van der Waals surface area contributed by atoms with E-state index < -0.39 is 9.84 Å². The van der Waals surface area contributed by atoms with Crippen LogP contribution in [0.25, 0.3) is 0 Å². The molecule has 0 aliphatic heterocycles. The van der Waals surface area contributed by atoms with Crippen molar-refractivity contribution < 1.29 is 8.42 Å². The Morgan fingerprint density at radius 1 is 1.19 bits per heavy atom. The summed E-state index contributed by atoms with van der Waals surface area (Å²) in [4.78, 5) is 0.271. The van der Waals surface area contributed by atoms with Crippen LogP contribution in [-0.4, -0.2) is 18.2 Å². The molecule has 0 bridgehead atoms. The van der Waals surface area contributed by atoms with Gasteiger partial charge in [0, 0.05) is 12.7 Å². The average Bonchev–Trinajstić information content (AvgIpc) is 2.61. The summed E-state index contributed by atoms with van der Waals surface area (Å²) in [6.45, 7) is 1.82. The number of rotatable bonds is 2. The number of hydrogen-bond donors (Lipinski definition) is 0. The lowest BCUT2D eigenvalue weighted by Gasteiger charge is -1.99. The van der Waals surface area contributed by atoms with Gasteiger partial charge >= 0.3 is 0 Å². The summed E-state index contributed by atoms with van der Waals surface area (Å²) in [5, 5.41) is 4.08. The third-order valence-corrected chi connectivity index (χ3v) is 4.06. The third-order valence-electron chi connectivity index (χ3n) is 2.42. The molecule has 0 atom stereocenters. The summed E-state index contributed by atoms with van der Waals surface area (Å²) >= 11 is 0. The highest BCUT2D eigenvalue weighted by Crippen LogP contribution is 2.19. The van der Waals surface area contributed by atoms with Gasteiger partial charge < -0.3 is 0 Å². The van der Waals surface area contributed by atoms with Gasteiger partial charge in [0.1, 0.15) is 0 Å². The fraction of sp³-hybridized carbons (Fsp3) is 0.182. The molecule has 0 fully saturated rings. The molecule has 0 spiro atoms. The van der Waals surface area contributed by atoms with E-state index in [0.717, 1.165) is 5.69 Å². The molecule has 2 aromatic rings. The van der Waals surface area contributed by atoms with Crippen LogP contribution in [0.4, 0.5) is 0 Å². The van der Waals surface area contributed by atoms with Crippen molar-refractivity contribution in [2.24, 2.45) is 7.05 Å². The minimum atomic E-state index is -3.47. The second-order valence-corrected chi connectivity index (χ2v) is 5.46. The monoisotopic (exact) mass is 236 g/mol. The molecule has 1 aromatic heterocycles. The van der Waals surface area contributed by atoms with Crippen molar-refractivity contribution in [1.29, 1.82) is 0 Å². The molecule has 0 aliphatic rings. The van der Waals surface area contributed by atoms with Crippen LogP contribution in [0.5, 0.6) is 0 Å². The van der Waals surface area contributed by atoms with E-state index in [1.807, 2.05) is 6.92 Å². The Morgan fingerprint density at radius 3 is 2.31 bits per heavy atom. The van der Waals surface area contributed by atoms with Crippen molar-refractivity contribution in [3.05, 3.63) is 42.1 Å². The van der Waals surface area contributed by atoms with E-state index in [9.17, 15) is 8.42 Å². The standard InChI is InChI=1S/C11H12N2O2S/c1-9-8-11(12-13(9)2)16(14,15)10-6-4-3-5-7-10/h3-8H,1-2H3. The van der Waals surface area contributed by atoms with E-state index in [1.54, 1.807) is 48.1 Å². The largest absolute Gasteiger partial charge is 0.272 e. The van der Waals surface area contributed by atoms with Crippen LogP contribution in [0, 0.1) is 6.92 Å². The smallest absolute Gasteiger partial charge is 0.225 e. The van der Waals surface area contributed by atoms with Crippen LogP contribution in [0.1, 0.15) is 5.69 Å². The van der Waals surface area contributed by atoms with E-state index in [4.69, 9.17) is 0 Å². The Balaban J connectivity index is 2.56. The number of sulfone groups is 1. The Bertz CT molecular complexity index is 581. The summed E-state index contributed by atoms with van der Waals surface area (Å²) in [6, 6.07) is 9.88. The van der Waals surface area contributed by atoms with Crippen LogP contribution in [0.2, 0.25) is 0 Å². The van der Waals surface area contributed by atoms with Gasteiger partial charge in [-0.15, -0.1) is 0 Å². The van der Waals surface area contributed by atoms with Gasteiger partial charge in [0.15, 0.2) is 5.03 Å². The summed E-state index contributed by atoms with van der Waals surface area (Å²) in [7, 11) is -1.75. The Hall–Kier alpha value is -1.62. The molecule has 0 saturated heterocycles. The lowest BCUT2D eigenvalue weighted by Crippen LogP contribution is -2.03. The second-order valence-electron chi connectivity index (χ2n) is 3.56. The van der Waals surface area contributed by atoms with E-state index >= 15 is 0 Å². The Kier molecular flexibility index (Phi) is 2.55. The molecule has 0 N–H and O–H groups in total. The fourth-order valence-electron chi connectivity index (χ4n) is 1.38. The zero-order chi connectivity index (χ0) is 11.8. The molecule has 1 heterocycles. The third kappa shape index (κ3) is 1.74.